The topological polar surface area (TPSA) is 93.5 Å². The fraction of sp³-hybridized carbons (Fsp3) is 0.429. The number of hydrogen-bond donors (Lipinski definition) is 3. The van der Waals surface area contributed by atoms with Crippen LogP contribution in [0.4, 0.5) is 5.69 Å². The highest BCUT2D eigenvalue weighted by Gasteiger charge is 2.16. The smallest absolute Gasteiger partial charge is 0.252 e. The summed E-state index contributed by atoms with van der Waals surface area (Å²) >= 11 is 0. The minimum Gasteiger partial charge on any atom is -0.495 e. The summed E-state index contributed by atoms with van der Waals surface area (Å²) in [7, 11) is 1.48. The fourth-order valence-corrected chi connectivity index (χ4v) is 1.60. The van der Waals surface area contributed by atoms with E-state index < -0.39 is 6.04 Å². The van der Waals surface area contributed by atoms with Gasteiger partial charge in [0.15, 0.2) is 0 Å². The van der Waals surface area contributed by atoms with Crippen molar-refractivity contribution in [2.24, 2.45) is 0 Å². The van der Waals surface area contributed by atoms with E-state index >= 15 is 0 Å². The van der Waals surface area contributed by atoms with Crippen LogP contribution in [-0.2, 0) is 4.79 Å². The molecule has 0 aliphatic rings. The Balaban J connectivity index is 2.69. The quantitative estimate of drug-likeness (QED) is 0.675. The number of methoxy groups -OCH3 is 1. The van der Waals surface area contributed by atoms with Gasteiger partial charge in [-0.1, -0.05) is 6.92 Å². The van der Waals surface area contributed by atoms with Gasteiger partial charge in [-0.15, -0.1) is 0 Å². The Bertz CT molecular complexity index is 489. The van der Waals surface area contributed by atoms with Crippen molar-refractivity contribution in [1.29, 1.82) is 0 Å². The third-order valence-corrected chi connectivity index (χ3v) is 2.79. The van der Waals surface area contributed by atoms with Crippen LogP contribution in [0.5, 0.6) is 5.75 Å². The van der Waals surface area contributed by atoms with Crippen LogP contribution in [-0.4, -0.2) is 31.5 Å². The molecule has 0 saturated carbocycles. The van der Waals surface area contributed by atoms with Gasteiger partial charge in [0.1, 0.15) is 11.8 Å². The molecule has 2 amide bonds. The highest BCUT2D eigenvalue weighted by Crippen LogP contribution is 2.22. The van der Waals surface area contributed by atoms with Gasteiger partial charge in [-0.25, -0.2) is 0 Å². The van der Waals surface area contributed by atoms with Crippen LogP contribution in [0.1, 0.15) is 30.6 Å². The van der Waals surface area contributed by atoms with E-state index in [2.05, 4.69) is 10.6 Å². The predicted octanol–water partition coefficient (Wildman–Crippen LogP) is 0.922. The molecule has 0 aliphatic heterocycles. The number of rotatable bonds is 6. The molecule has 0 spiro atoms. The lowest BCUT2D eigenvalue weighted by molar-refractivity contribution is -0.122. The molecule has 0 heterocycles. The second kappa shape index (κ2) is 7.37. The minimum atomic E-state index is -0.599. The monoisotopic (exact) mass is 279 g/mol. The maximum absolute atomic E-state index is 12.0. The van der Waals surface area contributed by atoms with Crippen molar-refractivity contribution in [3.05, 3.63) is 23.8 Å². The zero-order valence-corrected chi connectivity index (χ0v) is 12.0. The molecule has 0 bridgehead atoms. The van der Waals surface area contributed by atoms with Crippen molar-refractivity contribution in [2.45, 2.75) is 26.3 Å². The zero-order chi connectivity index (χ0) is 15.1. The molecule has 1 aromatic rings. The lowest BCUT2D eigenvalue weighted by atomic mass is 10.1. The third kappa shape index (κ3) is 4.15. The Morgan fingerprint density at radius 2 is 2.10 bits per heavy atom. The first-order chi connectivity index (χ1) is 9.49. The van der Waals surface area contributed by atoms with Crippen molar-refractivity contribution in [1.82, 2.24) is 10.6 Å². The van der Waals surface area contributed by atoms with E-state index in [1.165, 1.54) is 7.11 Å². The first-order valence-corrected chi connectivity index (χ1v) is 6.51. The van der Waals surface area contributed by atoms with Gasteiger partial charge in [0.2, 0.25) is 5.91 Å². The average Bonchev–Trinajstić information content (AvgIpc) is 2.44. The number of benzene rings is 1. The van der Waals surface area contributed by atoms with Crippen molar-refractivity contribution >= 4 is 17.5 Å². The number of carbonyl (C=O) groups is 2. The van der Waals surface area contributed by atoms with Crippen LogP contribution in [0, 0.1) is 0 Å². The van der Waals surface area contributed by atoms with Gasteiger partial charge >= 0.3 is 0 Å². The number of nitrogens with two attached hydrogens (primary N) is 1. The molecule has 1 aromatic carbocycles. The van der Waals surface area contributed by atoms with Crippen LogP contribution >= 0.6 is 0 Å². The van der Waals surface area contributed by atoms with E-state index in [0.29, 0.717) is 23.5 Å². The number of carbonyl (C=O) groups excluding carboxylic acids is 2. The number of nitrogen functional groups attached to an aromatic ring is 1. The molecule has 6 heteroatoms. The molecule has 0 aliphatic carbocycles. The molecule has 0 saturated heterocycles. The molecule has 1 rings (SSSR count). The van der Waals surface area contributed by atoms with Crippen LogP contribution < -0.4 is 21.1 Å². The summed E-state index contributed by atoms with van der Waals surface area (Å²) in [5, 5.41) is 5.35. The van der Waals surface area contributed by atoms with Crippen LogP contribution in [0.2, 0.25) is 0 Å². The maximum atomic E-state index is 12.0. The Labute approximate surface area is 118 Å². The maximum Gasteiger partial charge on any atom is 0.252 e. The fourth-order valence-electron chi connectivity index (χ4n) is 1.60. The number of anilines is 1. The SMILES string of the molecule is CCCNC(=O)C(C)NC(=O)c1ccc(N)c(OC)c1. The molecular weight excluding hydrogens is 258 g/mol. The Morgan fingerprint density at radius 3 is 2.70 bits per heavy atom. The highest BCUT2D eigenvalue weighted by atomic mass is 16.5. The lowest BCUT2D eigenvalue weighted by Crippen LogP contribution is -2.45. The molecule has 0 fully saturated rings. The van der Waals surface area contributed by atoms with Gasteiger partial charge in [0, 0.05) is 12.1 Å². The summed E-state index contributed by atoms with van der Waals surface area (Å²) in [4.78, 5) is 23.7. The molecule has 0 aromatic heterocycles. The van der Waals surface area contributed by atoms with Crippen LogP contribution in [0.25, 0.3) is 0 Å². The van der Waals surface area contributed by atoms with Gasteiger partial charge in [0.05, 0.1) is 12.8 Å². The molecular formula is C14H21N3O3. The van der Waals surface area contributed by atoms with Gasteiger partial charge in [-0.3, -0.25) is 9.59 Å². The van der Waals surface area contributed by atoms with E-state index in [9.17, 15) is 9.59 Å². The standard InChI is InChI=1S/C14H21N3O3/c1-4-7-16-13(18)9(2)17-14(19)10-5-6-11(15)12(8-10)20-3/h5-6,8-9H,4,7,15H2,1-3H3,(H,16,18)(H,17,19). The minimum absolute atomic E-state index is 0.206. The summed E-state index contributed by atoms with van der Waals surface area (Å²) in [6.45, 7) is 4.19. The Kier molecular flexibility index (Phi) is 5.83. The van der Waals surface area contributed by atoms with Gasteiger partial charge in [-0.05, 0) is 31.5 Å². The van der Waals surface area contributed by atoms with E-state index in [-0.39, 0.29) is 11.8 Å². The lowest BCUT2D eigenvalue weighted by Gasteiger charge is -2.14. The molecule has 20 heavy (non-hydrogen) atoms. The van der Waals surface area contributed by atoms with Gasteiger partial charge < -0.3 is 21.1 Å². The van der Waals surface area contributed by atoms with Crippen molar-refractivity contribution in [2.75, 3.05) is 19.4 Å². The summed E-state index contributed by atoms with van der Waals surface area (Å²) in [6.07, 6.45) is 0.849. The normalized spacial score (nSPS) is 11.6. The molecule has 1 atom stereocenters. The summed E-state index contributed by atoms with van der Waals surface area (Å²) in [5.41, 5.74) is 6.53. The molecule has 110 valence electrons. The molecule has 0 radical (unpaired) electrons. The van der Waals surface area contributed by atoms with E-state index in [1.54, 1.807) is 25.1 Å². The largest absolute Gasteiger partial charge is 0.495 e. The number of nitrogens with one attached hydrogen (secondary N) is 2. The average molecular weight is 279 g/mol. The molecule has 4 N–H and O–H groups in total. The first-order valence-electron chi connectivity index (χ1n) is 6.51. The number of ether oxygens (including phenoxy) is 1. The van der Waals surface area contributed by atoms with E-state index in [0.717, 1.165) is 6.42 Å². The second-order valence-electron chi connectivity index (χ2n) is 4.44. The van der Waals surface area contributed by atoms with Gasteiger partial charge in [0.25, 0.3) is 5.91 Å². The Morgan fingerprint density at radius 1 is 1.40 bits per heavy atom. The van der Waals surface area contributed by atoms with Crippen LogP contribution in [0.15, 0.2) is 18.2 Å². The zero-order valence-electron chi connectivity index (χ0n) is 12.0. The van der Waals surface area contributed by atoms with Crippen molar-refractivity contribution in [3.63, 3.8) is 0 Å². The van der Waals surface area contributed by atoms with E-state index in [1.807, 2.05) is 6.92 Å². The molecule has 6 nitrogen and oxygen atoms in total. The number of hydrogen-bond acceptors (Lipinski definition) is 4. The summed E-state index contributed by atoms with van der Waals surface area (Å²) < 4.78 is 5.06. The van der Waals surface area contributed by atoms with Gasteiger partial charge in [-0.2, -0.15) is 0 Å². The van der Waals surface area contributed by atoms with Crippen molar-refractivity contribution < 1.29 is 14.3 Å². The summed E-state index contributed by atoms with van der Waals surface area (Å²) in [5.74, 6) is -0.120. The highest BCUT2D eigenvalue weighted by molar-refractivity contribution is 5.98. The van der Waals surface area contributed by atoms with Crippen LogP contribution in [0.3, 0.4) is 0 Å². The summed E-state index contributed by atoms with van der Waals surface area (Å²) in [6, 6.07) is 4.12. The van der Waals surface area contributed by atoms with E-state index in [4.69, 9.17) is 10.5 Å². The predicted molar refractivity (Wildman–Crippen MR) is 77.6 cm³/mol. The Hall–Kier alpha value is -2.24. The third-order valence-electron chi connectivity index (χ3n) is 2.79. The first kappa shape index (κ1) is 15.8. The number of amides is 2. The van der Waals surface area contributed by atoms with Crippen molar-refractivity contribution in [3.8, 4) is 5.75 Å². The second-order valence-corrected chi connectivity index (χ2v) is 4.44. The molecule has 1 unspecified atom stereocenters.